The minimum atomic E-state index is -0.509. The van der Waals surface area contributed by atoms with Gasteiger partial charge in [-0.2, -0.15) is 0 Å². The highest BCUT2D eigenvalue weighted by molar-refractivity contribution is 7.98. The van der Waals surface area contributed by atoms with Crippen molar-refractivity contribution in [2.75, 3.05) is 7.11 Å². The van der Waals surface area contributed by atoms with Crippen LogP contribution >= 0.6 is 11.8 Å². The minimum Gasteiger partial charge on any atom is -0.463 e. The molecule has 3 aromatic heterocycles. The number of H-pyrrole nitrogens is 1. The summed E-state index contributed by atoms with van der Waals surface area (Å²) in [5.74, 6) is 0.577. The van der Waals surface area contributed by atoms with E-state index in [0.29, 0.717) is 22.4 Å². The molecule has 1 N–H and O–H groups in total. The molecule has 0 atom stereocenters. The van der Waals surface area contributed by atoms with Crippen molar-refractivity contribution in [2.24, 2.45) is 0 Å². The van der Waals surface area contributed by atoms with Crippen molar-refractivity contribution in [3.8, 4) is 11.5 Å². The molecule has 7 nitrogen and oxygen atoms in total. The van der Waals surface area contributed by atoms with Crippen LogP contribution in [0.1, 0.15) is 16.1 Å². The molecule has 3 heterocycles. The lowest BCUT2D eigenvalue weighted by Gasteiger charge is -1.98. The molecule has 0 aliphatic rings. The van der Waals surface area contributed by atoms with Gasteiger partial charge in [-0.15, -0.1) is 10.2 Å². The number of thioether (sulfide) groups is 1. The highest BCUT2D eigenvalue weighted by Crippen LogP contribution is 2.31. The van der Waals surface area contributed by atoms with Gasteiger partial charge < -0.3 is 18.6 Å². The first-order valence-corrected chi connectivity index (χ1v) is 8.42. The predicted molar refractivity (Wildman–Crippen MR) is 91.2 cm³/mol. The fraction of sp³-hybridized carbons (Fsp3) is 0.118. The summed E-state index contributed by atoms with van der Waals surface area (Å²) in [6.07, 6.45) is 3.30. The minimum absolute atomic E-state index is 0.186. The molecule has 25 heavy (non-hydrogen) atoms. The fourth-order valence-corrected chi connectivity index (χ4v) is 3.23. The maximum absolute atomic E-state index is 11.6. The number of carbonyl (C=O) groups excluding carboxylic acids is 1. The van der Waals surface area contributed by atoms with Crippen molar-refractivity contribution in [1.29, 1.82) is 0 Å². The van der Waals surface area contributed by atoms with Crippen LogP contribution < -0.4 is 0 Å². The second-order valence-corrected chi connectivity index (χ2v) is 6.10. The van der Waals surface area contributed by atoms with E-state index in [1.807, 2.05) is 30.5 Å². The summed E-state index contributed by atoms with van der Waals surface area (Å²) in [6.45, 7) is 0. The van der Waals surface area contributed by atoms with Gasteiger partial charge in [0.2, 0.25) is 5.76 Å². The summed E-state index contributed by atoms with van der Waals surface area (Å²) < 4.78 is 15.6. The zero-order chi connectivity index (χ0) is 17.2. The Balaban J connectivity index is 1.53. The number of nitrogens with one attached hydrogen (secondary N) is 1. The van der Waals surface area contributed by atoms with Crippen molar-refractivity contribution < 1.29 is 18.4 Å². The maximum atomic E-state index is 11.6. The van der Waals surface area contributed by atoms with Crippen LogP contribution in [0.5, 0.6) is 0 Å². The Kier molecular flexibility index (Phi) is 4.02. The van der Waals surface area contributed by atoms with E-state index in [1.165, 1.54) is 25.1 Å². The molecular formula is C17H13N3O4S. The number of nitrogens with zero attached hydrogens (tertiary/aromatic N) is 2. The summed E-state index contributed by atoms with van der Waals surface area (Å²) >= 11 is 1.33. The maximum Gasteiger partial charge on any atom is 0.374 e. The number of benzene rings is 1. The van der Waals surface area contributed by atoms with Crippen molar-refractivity contribution >= 4 is 28.6 Å². The van der Waals surface area contributed by atoms with Crippen molar-refractivity contribution in [3.05, 3.63) is 54.1 Å². The largest absolute Gasteiger partial charge is 0.463 e. The summed E-state index contributed by atoms with van der Waals surface area (Å²) in [5, 5.41) is 9.60. The van der Waals surface area contributed by atoms with Crippen LogP contribution in [0.4, 0.5) is 0 Å². The monoisotopic (exact) mass is 355 g/mol. The molecule has 0 aliphatic carbocycles. The van der Waals surface area contributed by atoms with Crippen LogP contribution in [-0.4, -0.2) is 28.3 Å². The van der Waals surface area contributed by atoms with E-state index in [0.717, 1.165) is 16.5 Å². The molecular weight excluding hydrogens is 342 g/mol. The highest BCUT2D eigenvalue weighted by atomic mass is 32.2. The number of carbonyl (C=O) groups is 1. The van der Waals surface area contributed by atoms with Crippen LogP contribution in [0.2, 0.25) is 0 Å². The lowest BCUT2D eigenvalue weighted by molar-refractivity contribution is 0.0564. The summed E-state index contributed by atoms with van der Waals surface area (Å²) in [5.41, 5.74) is 2.57. The van der Waals surface area contributed by atoms with Crippen molar-refractivity contribution in [3.63, 3.8) is 0 Å². The average Bonchev–Trinajstić information content (AvgIpc) is 3.37. The summed E-state index contributed by atoms with van der Waals surface area (Å²) in [6, 6.07) is 9.61. The van der Waals surface area contributed by atoms with Gasteiger partial charge in [-0.1, -0.05) is 30.0 Å². The number of hydrogen-bond donors (Lipinski definition) is 1. The molecule has 0 spiro atoms. The molecule has 0 bridgehead atoms. The third kappa shape index (κ3) is 2.91. The van der Waals surface area contributed by atoms with Gasteiger partial charge in [0.05, 0.1) is 18.9 Å². The van der Waals surface area contributed by atoms with E-state index in [2.05, 4.69) is 19.9 Å². The SMILES string of the molecule is COC(=O)c1occc1CSc1nnc(-c2c[nH]c3ccccc23)o1. The Bertz CT molecular complexity index is 1030. The Hall–Kier alpha value is -3.00. The molecule has 0 unspecified atom stereocenters. The van der Waals surface area contributed by atoms with Crippen LogP contribution in [0.3, 0.4) is 0 Å². The second kappa shape index (κ2) is 6.48. The molecule has 0 saturated heterocycles. The number of esters is 1. The number of ether oxygens (including phenoxy) is 1. The van der Waals surface area contributed by atoms with Crippen molar-refractivity contribution in [2.45, 2.75) is 11.0 Å². The van der Waals surface area contributed by atoms with Gasteiger partial charge in [-0.25, -0.2) is 4.79 Å². The summed E-state index contributed by atoms with van der Waals surface area (Å²) in [4.78, 5) is 14.8. The van der Waals surface area contributed by atoms with Gasteiger partial charge in [0.1, 0.15) is 0 Å². The fourth-order valence-electron chi connectivity index (χ4n) is 2.49. The van der Waals surface area contributed by atoms with Crippen LogP contribution in [0, 0.1) is 0 Å². The third-order valence-electron chi connectivity index (χ3n) is 3.69. The molecule has 0 amide bonds. The van der Waals surface area contributed by atoms with Gasteiger partial charge in [-0.05, 0) is 12.1 Å². The lowest BCUT2D eigenvalue weighted by Crippen LogP contribution is -2.02. The number of hydrogen-bond acceptors (Lipinski definition) is 7. The predicted octanol–water partition coefficient (Wildman–Crippen LogP) is 3.89. The molecule has 0 fully saturated rings. The summed E-state index contributed by atoms with van der Waals surface area (Å²) in [7, 11) is 1.31. The molecule has 0 saturated carbocycles. The Morgan fingerprint density at radius 2 is 2.16 bits per heavy atom. The first kappa shape index (κ1) is 15.5. The van der Waals surface area contributed by atoms with Crippen LogP contribution in [-0.2, 0) is 10.5 Å². The van der Waals surface area contributed by atoms with E-state index < -0.39 is 5.97 Å². The standard InChI is InChI=1S/C17H13N3O4S/c1-22-16(21)14-10(6-7-23-14)9-25-17-20-19-15(24-17)12-8-18-13-5-3-2-4-11(12)13/h2-8,18H,9H2,1H3. The molecule has 4 rings (SSSR count). The Labute approximate surface area is 146 Å². The number of para-hydroxylation sites is 1. The Morgan fingerprint density at radius 1 is 1.28 bits per heavy atom. The smallest absolute Gasteiger partial charge is 0.374 e. The normalized spacial score (nSPS) is 11.1. The van der Waals surface area contributed by atoms with Gasteiger partial charge in [-0.3, -0.25) is 0 Å². The first-order chi connectivity index (χ1) is 12.3. The van der Waals surface area contributed by atoms with Gasteiger partial charge >= 0.3 is 5.97 Å². The number of aromatic amines is 1. The van der Waals surface area contributed by atoms with Crippen molar-refractivity contribution in [1.82, 2.24) is 15.2 Å². The third-order valence-corrected chi connectivity index (χ3v) is 4.56. The van der Waals surface area contributed by atoms with Gasteiger partial charge in [0, 0.05) is 28.4 Å². The van der Waals surface area contributed by atoms with E-state index in [9.17, 15) is 4.79 Å². The molecule has 8 heteroatoms. The van der Waals surface area contributed by atoms with E-state index in [4.69, 9.17) is 8.83 Å². The number of furan rings is 1. The number of methoxy groups -OCH3 is 1. The van der Waals surface area contributed by atoms with Gasteiger partial charge in [0.25, 0.3) is 11.1 Å². The second-order valence-electron chi connectivity index (χ2n) is 5.18. The molecule has 126 valence electrons. The van der Waals surface area contributed by atoms with E-state index >= 15 is 0 Å². The molecule has 0 aliphatic heterocycles. The number of rotatable bonds is 5. The first-order valence-electron chi connectivity index (χ1n) is 7.43. The zero-order valence-electron chi connectivity index (χ0n) is 13.2. The Morgan fingerprint density at radius 3 is 3.04 bits per heavy atom. The topological polar surface area (TPSA) is 94.1 Å². The number of aromatic nitrogens is 3. The van der Waals surface area contributed by atoms with E-state index in [1.54, 1.807) is 6.07 Å². The van der Waals surface area contributed by atoms with Crippen LogP contribution in [0.15, 0.2) is 56.8 Å². The zero-order valence-corrected chi connectivity index (χ0v) is 14.0. The highest BCUT2D eigenvalue weighted by Gasteiger charge is 2.18. The van der Waals surface area contributed by atoms with Crippen LogP contribution in [0.25, 0.3) is 22.4 Å². The van der Waals surface area contributed by atoms with Gasteiger partial charge in [0.15, 0.2) is 0 Å². The van der Waals surface area contributed by atoms with E-state index in [-0.39, 0.29) is 5.76 Å². The number of fused-ring (bicyclic) bond motifs is 1. The molecule has 1 aromatic carbocycles. The average molecular weight is 355 g/mol. The lowest BCUT2D eigenvalue weighted by atomic mass is 10.2. The molecule has 0 radical (unpaired) electrons. The quantitative estimate of drug-likeness (QED) is 0.429. The molecule has 4 aromatic rings.